The summed E-state index contributed by atoms with van der Waals surface area (Å²) in [7, 11) is 1.76. The molecule has 19 heavy (non-hydrogen) atoms. The number of pyridine rings is 1. The van der Waals surface area contributed by atoms with Crippen molar-refractivity contribution in [1.82, 2.24) is 4.98 Å². The van der Waals surface area contributed by atoms with Crippen LogP contribution in [0.25, 0.3) is 0 Å². The van der Waals surface area contributed by atoms with Crippen molar-refractivity contribution >= 4 is 5.69 Å². The number of ether oxygens (including phenoxy) is 1. The van der Waals surface area contributed by atoms with Crippen LogP contribution >= 0.6 is 0 Å². The van der Waals surface area contributed by atoms with Gasteiger partial charge in [-0.05, 0) is 36.8 Å². The summed E-state index contributed by atoms with van der Waals surface area (Å²) in [5.41, 5.74) is 1.81. The van der Waals surface area contributed by atoms with E-state index < -0.39 is 0 Å². The first-order valence-corrected chi connectivity index (χ1v) is 6.87. The van der Waals surface area contributed by atoms with E-state index in [1.165, 1.54) is 25.7 Å². The standard InChI is InChI=1S/C15H21N3O/c1-19-9-8-15(6-2-3-7-15)12-18-14-5-4-13(10-16)17-11-14/h4-5,11,18H,2-3,6-9,12H2,1H3. The van der Waals surface area contributed by atoms with E-state index in [2.05, 4.69) is 10.3 Å². The number of nitrogens with one attached hydrogen (secondary N) is 1. The first kappa shape index (κ1) is 13.8. The number of hydrogen-bond donors (Lipinski definition) is 1. The molecule has 0 aliphatic heterocycles. The summed E-state index contributed by atoms with van der Waals surface area (Å²) < 4.78 is 5.23. The zero-order valence-corrected chi connectivity index (χ0v) is 11.5. The summed E-state index contributed by atoms with van der Waals surface area (Å²) in [5, 5.41) is 12.2. The van der Waals surface area contributed by atoms with Crippen molar-refractivity contribution < 1.29 is 4.74 Å². The van der Waals surface area contributed by atoms with Crippen LogP contribution in [-0.4, -0.2) is 25.2 Å². The Balaban J connectivity index is 1.92. The quantitative estimate of drug-likeness (QED) is 0.853. The minimum Gasteiger partial charge on any atom is -0.385 e. The fourth-order valence-corrected chi connectivity index (χ4v) is 2.81. The second kappa shape index (κ2) is 6.53. The highest BCUT2D eigenvalue weighted by Gasteiger charge is 2.33. The van der Waals surface area contributed by atoms with Crippen LogP contribution in [0.5, 0.6) is 0 Å². The molecule has 0 unspecified atom stereocenters. The predicted molar refractivity (Wildman–Crippen MR) is 74.8 cm³/mol. The van der Waals surface area contributed by atoms with Crippen LogP contribution in [0, 0.1) is 16.7 Å². The molecule has 1 heterocycles. The van der Waals surface area contributed by atoms with Crippen molar-refractivity contribution in [3.63, 3.8) is 0 Å². The van der Waals surface area contributed by atoms with E-state index in [0.717, 1.165) is 25.3 Å². The lowest BCUT2D eigenvalue weighted by molar-refractivity contribution is 0.143. The van der Waals surface area contributed by atoms with Gasteiger partial charge in [0, 0.05) is 20.3 Å². The average molecular weight is 259 g/mol. The molecule has 1 aromatic heterocycles. The molecule has 1 fully saturated rings. The van der Waals surface area contributed by atoms with Crippen molar-refractivity contribution in [1.29, 1.82) is 5.26 Å². The third-order valence-electron chi connectivity index (χ3n) is 4.05. The zero-order valence-electron chi connectivity index (χ0n) is 11.5. The second-order valence-electron chi connectivity index (χ2n) is 5.35. The Kier molecular flexibility index (Phi) is 4.75. The van der Waals surface area contributed by atoms with Crippen molar-refractivity contribution in [2.45, 2.75) is 32.1 Å². The average Bonchev–Trinajstić information content (AvgIpc) is 2.93. The summed E-state index contributed by atoms with van der Waals surface area (Å²) in [6.45, 7) is 1.79. The van der Waals surface area contributed by atoms with Crippen LogP contribution in [0.2, 0.25) is 0 Å². The molecule has 1 aliphatic carbocycles. The first-order valence-electron chi connectivity index (χ1n) is 6.87. The third kappa shape index (κ3) is 3.68. The molecule has 102 valence electrons. The smallest absolute Gasteiger partial charge is 0.140 e. The molecule has 0 amide bonds. The topological polar surface area (TPSA) is 57.9 Å². The van der Waals surface area contributed by atoms with Gasteiger partial charge in [-0.1, -0.05) is 12.8 Å². The number of rotatable bonds is 6. The van der Waals surface area contributed by atoms with Crippen molar-refractivity contribution in [2.24, 2.45) is 5.41 Å². The highest BCUT2D eigenvalue weighted by atomic mass is 16.5. The third-order valence-corrected chi connectivity index (χ3v) is 4.05. The predicted octanol–water partition coefficient (Wildman–Crippen LogP) is 2.96. The number of nitrogens with zero attached hydrogens (tertiary/aromatic N) is 2. The van der Waals surface area contributed by atoms with Gasteiger partial charge >= 0.3 is 0 Å². The van der Waals surface area contributed by atoms with Gasteiger partial charge in [0.15, 0.2) is 0 Å². The lowest BCUT2D eigenvalue weighted by Gasteiger charge is -2.29. The van der Waals surface area contributed by atoms with Gasteiger partial charge in [-0.25, -0.2) is 4.98 Å². The summed E-state index contributed by atoms with van der Waals surface area (Å²) in [6, 6.07) is 5.70. The Hall–Kier alpha value is -1.60. The number of methoxy groups -OCH3 is 1. The number of aromatic nitrogens is 1. The molecular formula is C15H21N3O. The maximum Gasteiger partial charge on any atom is 0.140 e. The van der Waals surface area contributed by atoms with Crippen LogP contribution in [0.3, 0.4) is 0 Å². The molecule has 1 saturated carbocycles. The van der Waals surface area contributed by atoms with Crippen LogP contribution < -0.4 is 5.32 Å². The molecule has 1 aliphatic rings. The number of anilines is 1. The molecule has 0 bridgehead atoms. The molecule has 1 N–H and O–H groups in total. The lowest BCUT2D eigenvalue weighted by atomic mass is 9.83. The van der Waals surface area contributed by atoms with E-state index >= 15 is 0 Å². The fourth-order valence-electron chi connectivity index (χ4n) is 2.81. The van der Waals surface area contributed by atoms with Crippen LogP contribution in [0.15, 0.2) is 18.3 Å². The molecule has 0 atom stereocenters. The Morgan fingerprint density at radius 1 is 1.42 bits per heavy atom. The van der Waals surface area contributed by atoms with Crippen molar-refractivity contribution in [3.8, 4) is 6.07 Å². The molecule has 2 rings (SSSR count). The highest BCUT2D eigenvalue weighted by molar-refractivity contribution is 5.42. The lowest BCUT2D eigenvalue weighted by Crippen LogP contribution is -2.28. The summed E-state index contributed by atoms with van der Waals surface area (Å²) in [4.78, 5) is 4.08. The normalized spacial score (nSPS) is 17.1. The largest absolute Gasteiger partial charge is 0.385 e. The van der Waals surface area contributed by atoms with Gasteiger partial charge in [0.1, 0.15) is 11.8 Å². The summed E-state index contributed by atoms with van der Waals surface area (Å²) >= 11 is 0. The molecule has 0 radical (unpaired) electrons. The first-order chi connectivity index (χ1) is 9.28. The molecule has 0 aromatic carbocycles. The highest BCUT2D eigenvalue weighted by Crippen LogP contribution is 2.41. The van der Waals surface area contributed by atoms with Crippen molar-refractivity contribution in [2.75, 3.05) is 25.6 Å². The van der Waals surface area contributed by atoms with Crippen LogP contribution in [0.4, 0.5) is 5.69 Å². The number of nitriles is 1. The zero-order chi connectivity index (χ0) is 13.6. The minimum absolute atomic E-state index is 0.365. The molecule has 0 saturated heterocycles. The Bertz CT molecular complexity index is 430. The fraction of sp³-hybridized carbons (Fsp3) is 0.600. The van der Waals surface area contributed by atoms with Crippen molar-refractivity contribution in [3.05, 3.63) is 24.0 Å². The molecular weight excluding hydrogens is 238 g/mol. The van der Waals surface area contributed by atoms with E-state index in [1.807, 2.05) is 12.1 Å². The summed E-state index contributed by atoms with van der Waals surface area (Å²) in [5.74, 6) is 0. The van der Waals surface area contributed by atoms with Gasteiger partial charge in [0.2, 0.25) is 0 Å². The van der Waals surface area contributed by atoms with E-state index in [-0.39, 0.29) is 0 Å². The van der Waals surface area contributed by atoms with Gasteiger partial charge in [-0.2, -0.15) is 5.26 Å². The SMILES string of the molecule is COCCC1(CNc2ccc(C#N)nc2)CCCC1. The van der Waals surface area contributed by atoms with Crippen LogP contribution in [-0.2, 0) is 4.74 Å². The van der Waals surface area contributed by atoms with Gasteiger partial charge in [0.25, 0.3) is 0 Å². The van der Waals surface area contributed by atoms with Gasteiger partial charge in [0.05, 0.1) is 11.9 Å². The van der Waals surface area contributed by atoms with E-state index in [0.29, 0.717) is 11.1 Å². The van der Waals surface area contributed by atoms with Gasteiger partial charge in [-0.15, -0.1) is 0 Å². The second-order valence-corrected chi connectivity index (χ2v) is 5.35. The monoisotopic (exact) mass is 259 g/mol. The summed E-state index contributed by atoms with van der Waals surface area (Å²) in [6.07, 6.45) is 8.02. The van der Waals surface area contributed by atoms with Gasteiger partial charge in [-0.3, -0.25) is 0 Å². The van der Waals surface area contributed by atoms with E-state index in [4.69, 9.17) is 10.00 Å². The Morgan fingerprint density at radius 3 is 2.79 bits per heavy atom. The molecule has 1 aromatic rings. The maximum atomic E-state index is 8.72. The number of hydrogen-bond acceptors (Lipinski definition) is 4. The van der Waals surface area contributed by atoms with Crippen LogP contribution in [0.1, 0.15) is 37.8 Å². The molecule has 0 spiro atoms. The Labute approximate surface area is 114 Å². The minimum atomic E-state index is 0.365. The maximum absolute atomic E-state index is 8.72. The Morgan fingerprint density at radius 2 is 2.21 bits per heavy atom. The van der Waals surface area contributed by atoms with Gasteiger partial charge < -0.3 is 10.1 Å². The molecule has 4 heteroatoms. The van der Waals surface area contributed by atoms with E-state index in [9.17, 15) is 0 Å². The molecule has 4 nitrogen and oxygen atoms in total. The van der Waals surface area contributed by atoms with E-state index in [1.54, 1.807) is 19.4 Å².